The summed E-state index contributed by atoms with van der Waals surface area (Å²) in [7, 11) is -3.97. The van der Waals surface area contributed by atoms with Crippen molar-refractivity contribution >= 4 is 32.7 Å². The van der Waals surface area contributed by atoms with E-state index in [4.69, 9.17) is 4.55 Å². The minimum absolute atomic E-state index is 0. The summed E-state index contributed by atoms with van der Waals surface area (Å²) in [5.74, 6) is 0. The topological polar surface area (TPSA) is 85.9 Å². The Morgan fingerprint density at radius 2 is 1.69 bits per heavy atom. The van der Waals surface area contributed by atoms with Crippen molar-refractivity contribution in [2.75, 3.05) is 0 Å². The largest absolute Gasteiger partial charge is 0.412 e. The third kappa shape index (κ3) is 3.59. The van der Waals surface area contributed by atoms with Gasteiger partial charge in [0.05, 0.1) is 0 Å². The van der Waals surface area contributed by atoms with E-state index in [1.54, 1.807) is 52.9 Å². The SMILES string of the molecule is O.O=S(=O)(O)C(I)c1ccccc1. The fraction of sp³-hybridized carbons (Fsp3) is 0.143. The molecule has 1 aromatic carbocycles. The Bertz CT molecular complexity index is 348. The van der Waals surface area contributed by atoms with E-state index in [1.807, 2.05) is 0 Å². The molecule has 1 atom stereocenters. The molecule has 74 valence electrons. The Morgan fingerprint density at radius 3 is 2.08 bits per heavy atom. The lowest BCUT2D eigenvalue weighted by molar-refractivity contribution is 0.482. The molecule has 1 unspecified atom stereocenters. The summed E-state index contributed by atoms with van der Waals surface area (Å²) in [6, 6.07) is 8.56. The Balaban J connectivity index is 0.00000144. The van der Waals surface area contributed by atoms with Gasteiger partial charge < -0.3 is 5.48 Å². The highest BCUT2D eigenvalue weighted by Gasteiger charge is 2.20. The minimum Gasteiger partial charge on any atom is -0.412 e. The second-order valence-electron chi connectivity index (χ2n) is 2.24. The summed E-state index contributed by atoms with van der Waals surface area (Å²) in [6.07, 6.45) is 0. The third-order valence-electron chi connectivity index (χ3n) is 1.32. The first-order valence-electron chi connectivity index (χ1n) is 3.17. The number of hydrogen-bond acceptors (Lipinski definition) is 2. The molecule has 0 aliphatic rings. The molecule has 1 aromatic rings. The highest BCUT2D eigenvalue weighted by molar-refractivity contribution is 14.1. The maximum atomic E-state index is 10.7. The van der Waals surface area contributed by atoms with Crippen LogP contribution in [0.25, 0.3) is 0 Å². The van der Waals surface area contributed by atoms with Gasteiger partial charge in [0.25, 0.3) is 10.1 Å². The Kier molecular flexibility index (Phi) is 4.82. The average Bonchev–Trinajstić information content (AvgIpc) is 2.03. The van der Waals surface area contributed by atoms with Crippen molar-refractivity contribution in [2.45, 2.75) is 3.26 Å². The number of rotatable bonds is 2. The second kappa shape index (κ2) is 4.89. The van der Waals surface area contributed by atoms with Crippen LogP contribution in [0, 0.1) is 0 Å². The monoisotopic (exact) mass is 316 g/mol. The van der Waals surface area contributed by atoms with Gasteiger partial charge in [0.1, 0.15) is 0 Å². The number of hydrogen-bond donors (Lipinski definition) is 1. The molecule has 0 radical (unpaired) electrons. The van der Waals surface area contributed by atoms with Gasteiger partial charge in [0.15, 0.2) is 3.26 Å². The first-order valence-corrected chi connectivity index (χ1v) is 5.92. The summed E-state index contributed by atoms with van der Waals surface area (Å²) in [6.45, 7) is 0. The summed E-state index contributed by atoms with van der Waals surface area (Å²) in [5, 5.41) is 0. The lowest BCUT2D eigenvalue weighted by Gasteiger charge is -2.05. The van der Waals surface area contributed by atoms with Crippen molar-refractivity contribution in [3.05, 3.63) is 35.9 Å². The third-order valence-corrected chi connectivity index (χ3v) is 4.77. The molecule has 6 heteroatoms. The highest BCUT2D eigenvalue weighted by atomic mass is 127. The van der Waals surface area contributed by atoms with Crippen LogP contribution in [0.1, 0.15) is 8.82 Å². The minimum atomic E-state index is -3.97. The summed E-state index contributed by atoms with van der Waals surface area (Å²) < 4.78 is 29.2. The molecule has 4 nitrogen and oxygen atoms in total. The Labute approximate surface area is 90.2 Å². The molecule has 0 amide bonds. The zero-order chi connectivity index (χ0) is 9.19. The van der Waals surface area contributed by atoms with Gasteiger partial charge in [-0.1, -0.05) is 52.9 Å². The molecule has 0 aliphatic heterocycles. The van der Waals surface area contributed by atoms with E-state index in [2.05, 4.69) is 0 Å². The van der Waals surface area contributed by atoms with Crippen molar-refractivity contribution in [1.29, 1.82) is 0 Å². The van der Waals surface area contributed by atoms with E-state index in [9.17, 15) is 8.42 Å². The quantitative estimate of drug-likeness (QED) is 0.505. The van der Waals surface area contributed by atoms with E-state index < -0.39 is 13.4 Å². The lowest BCUT2D eigenvalue weighted by Crippen LogP contribution is -2.04. The van der Waals surface area contributed by atoms with Crippen LogP contribution in [0.4, 0.5) is 0 Å². The Morgan fingerprint density at radius 1 is 1.23 bits per heavy atom. The van der Waals surface area contributed by atoms with Crippen molar-refractivity contribution < 1.29 is 18.4 Å². The molecule has 3 N–H and O–H groups in total. The molecule has 0 heterocycles. The predicted octanol–water partition coefficient (Wildman–Crippen LogP) is 1.18. The van der Waals surface area contributed by atoms with Crippen LogP contribution in [0.15, 0.2) is 30.3 Å². The normalized spacial score (nSPS) is 13.1. The first kappa shape index (κ1) is 12.8. The molecule has 0 saturated heterocycles. The molecular weight excluding hydrogens is 307 g/mol. The fourth-order valence-corrected chi connectivity index (χ4v) is 1.69. The second-order valence-corrected chi connectivity index (χ2v) is 5.83. The van der Waals surface area contributed by atoms with Gasteiger partial charge in [0.2, 0.25) is 0 Å². The Hall–Kier alpha value is -0.180. The van der Waals surface area contributed by atoms with Gasteiger partial charge in [-0.3, -0.25) is 4.55 Å². The van der Waals surface area contributed by atoms with Crippen molar-refractivity contribution in [2.24, 2.45) is 0 Å². The van der Waals surface area contributed by atoms with E-state index in [0.717, 1.165) is 0 Å². The lowest BCUT2D eigenvalue weighted by atomic mass is 10.2. The average molecular weight is 316 g/mol. The molecule has 0 saturated carbocycles. The van der Waals surface area contributed by atoms with Crippen molar-refractivity contribution in [1.82, 2.24) is 0 Å². The van der Waals surface area contributed by atoms with Crippen LogP contribution in [0.5, 0.6) is 0 Å². The maximum Gasteiger partial charge on any atom is 0.281 e. The maximum absolute atomic E-state index is 10.7. The smallest absolute Gasteiger partial charge is 0.281 e. The summed E-state index contributed by atoms with van der Waals surface area (Å²) >= 11 is 1.68. The van der Waals surface area contributed by atoms with E-state index in [-0.39, 0.29) is 5.48 Å². The van der Waals surface area contributed by atoms with E-state index in [0.29, 0.717) is 5.56 Å². The van der Waals surface area contributed by atoms with E-state index >= 15 is 0 Å². The van der Waals surface area contributed by atoms with Crippen LogP contribution in [0.3, 0.4) is 0 Å². The number of halogens is 1. The van der Waals surface area contributed by atoms with Gasteiger partial charge in [-0.05, 0) is 5.56 Å². The molecular formula is C7H9IO4S. The van der Waals surface area contributed by atoms with Crippen LogP contribution in [-0.4, -0.2) is 18.4 Å². The van der Waals surface area contributed by atoms with E-state index in [1.165, 1.54) is 0 Å². The van der Waals surface area contributed by atoms with Crippen LogP contribution in [-0.2, 0) is 10.1 Å². The molecule has 0 bridgehead atoms. The standard InChI is InChI=1S/C7H7IO3S.H2O/c8-7(12(9,10)11)6-4-2-1-3-5-6;/h1-5,7H,(H,9,10,11);1H2. The zero-order valence-corrected chi connectivity index (χ0v) is 9.49. The molecule has 1 rings (SSSR count). The molecule has 0 aromatic heterocycles. The van der Waals surface area contributed by atoms with Crippen LogP contribution >= 0.6 is 22.6 Å². The van der Waals surface area contributed by atoms with Gasteiger partial charge >= 0.3 is 0 Å². The van der Waals surface area contributed by atoms with Crippen LogP contribution < -0.4 is 0 Å². The summed E-state index contributed by atoms with van der Waals surface area (Å²) in [5.41, 5.74) is 0.584. The fourth-order valence-electron chi connectivity index (χ4n) is 0.776. The number of alkyl halides is 1. The number of benzene rings is 1. The molecule has 0 fully saturated rings. The summed E-state index contributed by atoms with van der Waals surface area (Å²) in [4.78, 5) is 0. The van der Waals surface area contributed by atoms with Crippen LogP contribution in [0.2, 0.25) is 0 Å². The first-order chi connectivity index (χ1) is 5.52. The molecule has 0 aliphatic carbocycles. The van der Waals surface area contributed by atoms with Crippen molar-refractivity contribution in [3.63, 3.8) is 0 Å². The molecule has 13 heavy (non-hydrogen) atoms. The van der Waals surface area contributed by atoms with Gasteiger partial charge in [0, 0.05) is 0 Å². The predicted molar refractivity (Wildman–Crippen MR) is 58.4 cm³/mol. The van der Waals surface area contributed by atoms with Crippen molar-refractivity contribution in [3.8, 4) is 0 Å². The van der Waals surface area contributed by atoms with Gasteiger partial charge in [-0.2, -0.15) is 8.42 Å². The zero-order valence-electron chi connectivity index (χ0n) is 6.51. The molecule has 0 spiro atoms. The highest BCUT2D eigenvalue weighted by Crippen LogP contribution is 2.27. The van der Waals surface area contributed by atoms with Gasteiger partial charge in [-0.15, -0.1) is 0 Å². The van der Waals surface area contributed by atoms with Gasteiger partial charge in [-0.25, -0.2) is 0 Å².